The maximum absolute atomic E-state index is 11.3. The van der Waals surface area contributed by atoms with Gasteiger partial charge in [0.1, 0.15) is 22.0 Å². The second kappa shape index (κ2) is 6.12. The van der Waals surface area contributed by atoms with Gasteiger partial charge in [-0.05, 0) is 30.7 Å². The lowest BCUT2D eigenvalue weighted by atomic mass is 10.1. The van der Waals surface area contributed by atoms with Gasteiger partial charge in [-0.2, -0.15) is 8.42 Å². The molecule has 0 amide bonds. The van der Waals surface area contributed by atoms with Crippen molar-refractivity contribution in [2.75, 3.05) is 12.8 Å². The Hall–Kier alpha value is -2.45. The zero-order valence-corrected chi connectivity index (χ0v) is 12.8. The highest BCUT2D eigenvalue weighted by molar-refractivity contribution is 7.86. The molecule has 0 saturated carbocycles. The average molecular weight is 321 g/mol. The van der Waals surface area contributed by atoms with Crippen molar-refractivity contribution >= 4 is 27.2 Å². The Labute approximate surface area is 128 Å². The van der Waals surface area contributed by atoms with Gasteiger partial charge in [0.25, 0.3) is 10.1 Å². The van der Waals surface area contributed by atoms with E-state index in [2.05, 4.69) is 10.2 Å². The molecule has 22 heavy (non-hydrogen) atoms. The predicted octanol–water partition coefficient (Wildman–Crippen LogP) is 3.25. The number of hydrogen-bond acceptors (Lipinski definition) is 6. The molecule has 0 radical (unpaired) electrons. The highest BCUT2D eigenvalue weighted by Crippen LogP contribution is 2.34. The minimum absolute atomic E-state index is 0.0292. The van der Waals surface area contributed by atoms with E-state index in [9.17, 15) is 13.0 Å². The summed E-state index contributed by atoms with van der Waals surface area (Å²) in [6.07, 6.45) is 0. The zero-order valence-electron chi connectivity index (χ0n) is 12.0. The topological polar surface area (TPSA) is 114 Å². The van der Waals surface area contributed by atoms with Crippen LogP contribution < -0.4 is 10.5 Å². The Balaban J connectivity index is 2.49. The van der Waals surface area contributed by atoms with Crippen molar-refractivity contribution in [1.82, 2.24) is 0 Å². The number of methoxy groups -OCH3 is 1. The first kappa shape index (κ1) is 15.9. The monoisotopic (exact) mass is 321 g/mol. The van der Waals surface area contributed by atoms with Crippen LogP contribution in [0, 0.1) is 6.92 Å². The van der Waals surface area contributed by atoms with E-state index in [4.69, 9.17) is 10.5 Å². The van der Waals surface area contributed by atoms with Crippen LogP contribution in [0.25, 0.3) is 0 Å². The van der Waals surface area contributed by atoms with E-state index >= 15 is 0 Å². The third kappa shape index (κ3) is 3.41. The van der Waals surface area contributed by atoms with Crippen molar-refractivity contribution < 1.29 is 17.7 Å². The van der Waals surface area contributed by atoms with E-state index in [1.54, 1.807) is 25.1 Å². The largest absolute Gasteiger partial charge is 0.494 e. The number of azo groups is 1. The Morgan fingerprint density at radius 2 is 1.77 bits per heavy atom. The van der Waals surface area contributed by atoms with E-state index in [0.29, 0.717) is 17.1 Å². The van der Waals surface area contributed by atoms with Gasteiger partial charge in [-0.3, -0.25) is 4.55 Å². The van der Waals surface area contributed by atoms with Crippen molar-refractivity contribution in [3.8, 4) is 5.75 Å². The van der Waals surface area contributed by atoms with E-state index in [-0.39, 0.29) is 10.6 Å². The molecule has 0 unspecified atom stereocenters. The molecule has 3 N–H and O–H groups in total. The van der Waals surface area contributed by atoms with Crippen LogP contribution >= 0.6 is 0 Å². The highest BCUT2D eigenvalue weighted by Gasteiger charge is 2.14. The summed E-state index contributed by atoms with van der Waals surface area (Å²) in [7, 11) is -2.91. The maximum Gasteiger partial charge on any atom is 0.296 e. The first-order valence-corrected chi connectivity index (χ1v) is 7.69. The number of nitrogens with two attached hydrogens (primary N) is 1. The molecule has 2 aromatic carbocycles. The first-order valence-electron chi connectivity index (χ1n) is 6.25. The van der Waals surface area contributed by atoms with Gasteiger partial charge in [0.05, 0.1) is 7.11 Å². The number of ether oxygens (including phenoxy) is 1. The van der Waals surface area contributed by atoms with Crippen LogP contribution in [-0.2, 0) is 10.1 Å². The Kier molecular flexibility index (Phi) is 4.43. The van der Waals surface area contributed by atoms with Crippen LogP contribution in [0.15, 0.2) is 51.5 Å². The normalized spacial score (nSPS) is 11.8. The molecule has 0 aliphatic rings. The summed E-state index contributed by atoms with van der Waals surface area (Å²) in [5.74, 6) is 0.413. The standard InChI is InChI=1S/C14H15N3O4S/c1-9-7-12(13(21-2)8-10(9)15)17-16-11-5-3-4-6-14(11)22(18,19)20/h3-8H,15H2,1-2H3,(H,18,19,20). The van der Waals surface area contributed by atoms with E-state index < -0.39 is 10.1 Å². The molecule has 0 aromatic heterocycles. The van der Waals surface area contributed by atoms with Crippen LogP contribution in [0.2, 0.25) is 0 Å². The Bertz CT molecular complexity index is 832. The summed E-state index contributed by atoms with van der Waals surface area (Å²) in [6, 6.07) is 9.04. The van der Waals surface area contributed by atoms with Crippen LogP contribution in [0.5, 0.6) is 5.75 Å². The molecule has 2 aromatic rings. The fourth-order valence-corrected chi connectivity index (χ4v) is 2.42. The van der Waals surface area contributed by atoms with E-state index in [0.717, 1.165) is 5.56 Å². The molecule has 0 aliphatic heterocycles. The zero-order chi connectivity index (χ0) is 16.3. The Morgan fingerprint density at radius 3 is 2.41 bits per heavy atom. The molecule has 0 atom stereocenters. The fraction of sp³-hybridized carbons (Fsp3) is 0.143. The lowest BCUT2D eigenvalue weighted by molar-refractivity contribution is 0.416. The van der Waals surface area contributed by atoms with Crippen LogP contribution in [0.4, 0.5) is 17.1 Å². The molecule has 2 rings (SSSR count). The van der Waals surface area contributed by atoms with Gasteiger partial charge < -0.3 is 10.5 Å². The quantitative estimate of drug-likeness (QED) is 0.509. The third-order valence-electron chi connectivity index (χ3n) is 2.98. The van der Waals surface area contributed by atoms with Gasteiger partial charge >= 0.3 is 0 Å². The van der Waals surface area contributed by atoms with Gasteiger partial charge in [-0.1, -0.05) is 12.1 Å². The second-order valence-electron chi connectivity index (χ2n) is 4.52. The summed E-state index contributed by atoms with van der Waals surface area (Å²) < 4.78 is 36.9. The van der Waals surface area contributed by atoms with Gasteiger partial charge in [-0.25, -0.2) is 0 Å². The molecule has 0 aliphatic carbocycles. The van der Waals surface area contributed by atoms with Gasteiger partial charge in [0.2, 0.25) is 0 Å². The van der Waals surface area contributed by atoms with Crippen molar-refractivity contribution in [2.24, 2.45) is 10.2 Å². The second-order valence-corrected chi connectivity index (χ2v) is 5.91. The lowest BCUT2D eigenvalue weighted by Gasteiger charge is -2.07. The lowest BCUT2D eigenvalue weighted by Crippen LogP contribution is -1.97. The minimum Gasteiger partial charge on any atom is -0.494 e. The summed E-state index contributed by atoms with van der Waals surface area (Å²) in [6.45, 7) is 1.81. The SMILES string of the molecule is COc1cc(N)c(C)cc1N=Nc1ccccc1S(=O)(=O)O. The molecule has 0 bridgehead atoms. The number of anilines is 1. The van der Waals surface area contributed by atoms with Crippen molar-refractivity contribution in [3.05, 3.63) is 42.0 Å². The van der Waals surface area contributed by atoms with Crippen molar-refractivity contribution in [3.63, 3.8) is 0 Å². The summed E-state index contributed by atoms with van der Waals surface area (Å²) >= 11 is 0. The Morgan fingerprint density at radius 1 is 1.14 bits per heavy atom. The number of rotatable bonds is 4. The fourth-order valence-electron chi connectivity index (χ4n) is 1.80. The number of benzene rings is 2. The molecule has 0 heterocycles. The van der Waals surface area contributed by atoms with Crippen LogP contribution in [0.3, 0.4) is 0 Å². The third-order valence-corrected chi connectivity index (χ3v) is 3.88. The predicted molar refractivity (Wildman–Crippen MR) is 82.6 cm³/mol. The molecule has 7 nitrogen and oxygen atoms in total. The first-order chi connectivity index (χ1) is 10.3. The number of nitrogen functional groups attached to an aromatic ring is 1. The van der Waals surface area contributed by atoms with Gasteiger partial charge in [0.15, 0.2) is 0 Å². The molecular weight excluding hydrogens is 306 g/mol. The molecular formula is C14H15N3O4S. The van der Waals surface area contributed by atoms with Gasteiger partial charge in [0, 0.05) is 11.8 Å². The van der Waals surface area contributed by atoms with E-state index in [1.807, 2.05) is 0 Å². The maximum atomic E-state index is 11.3. The number of nitrogens with zero attached hydrogens (tertiary/aromatic N) is 2. The van der Waals surface area contributed by atoms with E-state index in [1.165, 1.54) is 25.3 Å². The van der Waals surface area contributed by atoms with Crippen molar-refractivity contribution in [1.29, 1.82) is 0 Å². The van der Waals surface area contributed by atoms with Crippen LogP contribution in [0.1, 0.15) is 5.56 Å². The molecule has 8 heteroatoms. The van der Waals surface area contributed by atoms with Crippen molar-refractivity contribution in [2.45, 2.75) is 11.8 Å². The molecule has 0 saturated heterocycles. The average Bonchev–Trinajstić information content (AvgIpc) is 2.47. The summed E-state index contributed by atoms with van der Waals surface area (Å²) in [5.41, 5.74) is 7.56. The summed E-state index contributed by atoms with van der Waals surface area (Å²) in [4.78, 5) is -0.315. The summed E-state index contributed by atoms with van der Waals surface area (Å²) in [5, 5.41) is 7.88. The number of hydrogen-bond donors (Lipinski definition) is 2. The van der Waals surface area contributed by atoms with Gasteiger partial charge in [-0.15, -0.1) is 10.2 Å². The smallest absolute Gasteiger partial charge is 0.296 e. The van der Waals surface area contributed by atoms with Crippen LogP contribution in [-0.4, -0.2) is 20.1 Å². The molecule has 0 spiro atoms. The number of aryl methyl sites for hydroxylation is 1. The molecule has 116 valence electrons. The highest BCUT2D eigenvalue weighted by atomic mass is 32.2. The molecule has 0 fully saturated rings. The minimum atomic E-state index is -4.37.